The molecule has 0 radical (unpaired) electrons. The predicted octanol–water partition coefficient (Wildman–Crippen LogP) is 32.8. The molecule has 135 heavy (non-hydrogen) atoms. The summed E-state index contributed by atoms with van der Waals surface area (Å²) in [5.74, 6) is -4.00. The number of amides is 4. The van der Waals surface area contributed by atoms with Crippen LogP contribution in [0.25, 0.3) is 77.1 Å². The summed E-state index contributed by atoms with van der Waals surface area (Å²) >= 11 is 5.17. The van der Waals surface area contributed by atoms with Crippen LogP contribution in [0.15, 0.2) is 243 Å². The number of cyclic esters (lactones) is 2. The van der Waals surface area contributed by atoms with Gasteiger partial charge >= 0.3 is 17.9 Å². The lowest BCUT2D eigenvalue weighted by Gasteiger charge is -2.03. The van der Waals surface area contributed by atoms with Gasteiger partial charge < -0.3 is 34.3 Å². The Morgan fingerprint density at radius 2 is 0.481 bits per heavy atom. The highest BCUT2D eigenvalue weighted by atomic mass is 35.5. The molecule has 8 aromatic carbocycles. The minimum absolute atomic E-state index is 0. The number of carbonyl (C=O) groups excluding carboxylic acids is 8. The number of hydrogen-bond acceptors (Lipinski definition) is 11. The number of aromatic nitrogens is 4. The van der Waals surface area contributed by atoms with Crippen molar-refractivity contribution in [3.8, 4) is 0 Å². The summed E-state index contributed by atoms with van der Waals surface area (Å²) in [4.78, 5) is 106. The fourth-order valence-corrected chi connectivity index (χ4v) is 11.8. The molecule has 0 saturated heterocycles. The first kappa shape index (κ1) is 146. The molecular weight excluding hydrogens is 1700 g/mol. The lowest BCUT2D eigenvalue weighted by Crippen LogP contribution is -2.22. The van der Waals surface area contributed by atoms with Crippen LogP contribution in [-0.4, -0.2) is 75.9 Å². The van der Waals surface area contributed by atoms with E-state index in [4.69, 9.17) is 21.4 Å². The van der Waals surface area contributed by atoms with E-state index in [1.807, 2.05) is 525 Å². The van der Waals surface area contributed by atoms with Crippen molar-refractivity contribution in [2.75, 3.05) is 0 Å². The van der Waals surface area contributed by atoms with Crippen LogP contribution in [0, 0.1) is 0 Å². The van der Waals surface area contributed by atoms with Crippen molar-refractivity contribution >= 4 is 141 Å². The summed E-state index contributed by atoms with van der Waals surface area (Å²) in [6.45, 7) is 80.0. The summed E-state index contributed by atoms with van der Waals surface area (Å²) < 4.78 is 12.6. The summed E-state index contributed by atoms with van der Waals surface area (Å²) in [6, 6.07) is 67.7. The molecule has 0 aliphatic carbocycles. The van der Waals surface area contributed by atoms with E-state index >= 15 is 0 Å². The molecule has 3 aliphatic heterocycles. The van der Waals surface area contributed by atoms with Crippen molar-refractivity contribution in [3.05, 3.63) is 288 Å². The molecule has 12 aromatic rings. The molecule has 0 unspecified atom stereocenters. The van der Waals surface area contributed by atoms with Gasteiger partial charge in [-0.3, -0.25) is 44.2 Å². The number of rotatable bonds is 10. The van der Waals surface area contributed by atoms with Gasteiger partial charge in [0, 0.05) is 113 Å². The van der Waals surface area contributed by atoms with Gasteiger partial charge in [0.1, 0.15) is 0 Å². The third kappa shape index (κ3) is 45.5. The number of aliphatic carboxylic acids is 1. The zero-order valence-corrected chi connectivity index (χ0v) is 92.5. The minimum atomic E-state index is -0.952. The molecule has 752 valence electrons. The number of halogens is 1. The highest BCUT2D eigenvalue weighted by molar-refractivity contribution is 6.83. The monoisotopic (exact) mass is 1880 g/mol. The van der Waals surface area contributed by atoms with Crippen LogP contribution < -0.4 is 16.8 Å². The van der Waals surface area contributed by atoms with Crippen LogP contribution in [0.1, 0.15) is 326 Å². The number of esters is 2. The molecule has 19 heteroatoms. The molecule has 4 amide bonds. The first-order valence-electron chi connectivity index (χ1n) is 49.4. The molecule has 7 heterocycles. The first-order valence-corrected chi connectivity index (χ1v) is 49.8. The van der Waals surface area contributed by atoms with Gasteiger partial charge in [-0.15, -0.1) is 0 Å². The molecule has 0 bridgehead atoms. The van der Waals surface area contributed by atoms with E-state index in [0.717, 1.165) is 77.0 Å². The first-order chi connectivity index (χ1) is 65.4. The van der Waals surface area contributed by atoms with Gasteiger partial charge in [-0.1, -0.05) is 471 Å². The molecule has 0 fully saturated rings. The molecule has 3 aliphatic rings. The Kier molecular flexibility index (Phi) is 102. The normalized spacial score (nSPS) is 10.2. The third-order valence-electron chi connectivity index (χ3n) is 15.9. The molecular formula is C116H180ClN7O11. The number of para-hydroxylation sites is 4. The minimum Gasteiger partial charge on any atom is -0.481 e. The maximum Gasteiger partial charge on any atom is 0.347 e. The van der Waals surface area contributed by atoms with E-state index in [1.165, 1.54) is 0 Å². The topological polar surface area (TPSA) is 262 Å². The third-order valence-corrected chi connectivity index (χ3v) is 16.1. The van der Waals surface area contributed by atoms with Crippen molar-refractivity contribution < 1.29 is 53.0 Å². The highest BCUT2D eigenvalue weighted by Crippen LogP contribution is 2.40. The number of hydrogen-bond donors (Lipinski definition) is 4. The van der Waals surface area contributed by atoms with E-state index in [9.17, 15) is 43.2 Å². The van der Waals surface area contributed by atoms with Gasteiger partial charge in [0.25, 0.3) is 28.9 Å². The van der Waals surface area contributed by atoms with Crippen molar-refractivity contribution in [2.24, 2.45) is 28.2 Å². The number of ketones is 1. The van der Waals surface area contributed by atoms with Crippen molar-refractivity contribution in [3.63, 3.8) is 0 Å². The zero-order valence-electron chi connectivity index (χ0n) is 91.7. The average molecular weight is 1880 g/mol. The largest absolute Gasteiger partial charge is 0.481 e. The smallest absolute Gasteiger partial charge is 0.347 e. The Labute approximate surface area is 823 Å². The summed E-state index contributed by atoms with van der Waals surface area (Å²) in [5.41, 5.74) is 12.0. The average Bonchev–Trinajstić information content (AvgIpc) is 1.62. The molecule has 0 atom stereocenters. The number of ether oxygens (including phenoxy) is 1. The Bertz CT molecular complexity index is 4770. The Hall–Kier alpha value is -12.4. The number of benzene rings is 8. The SMILES string of the molecule is CC.CC.CC.CC.CC.CC.CC.CC.CC.CC.CC.CC.CC.CC.CC.CC.CC.CC.CC.CC.Cn1cc(C(=O)C(=O)Cl)c2ccccc21.Cn1cc(C2=C(c3ccccc3)C(=O)NC2=O)c2ccccc21.Cn1cc(C2=C(c3ccccc3)C(=O)NC2=O)c2ccccc21.Cn1cc(C2=C(c3ccccc3)C(=O)OC2=O)c2ccccc21.N.O=C(O)Cc1ccccc1. The van der Waals surface area contributed by atoms with Crippen molar-refractivity contribution in [1.82, 2.24) is 35.1 Å². The number of Topliss-reactive ketones (excluding diaryl/α,β-unsaturated/α-hetero) is 1. The second kappa shape index (κ2) is 94.8. The quantitative estimate of drug-likeness (QED) is 0.0249. The maximum absolute atomic E-state index is 12.4. The highest BCUT2D eigenvalue weighted by Gasteiger charge is 2.38. The predicted molar refractivity (Wildman–Crippen MR) is 594 cm³/mol. The Morgan fingerprint density at radius 3 is 0.748 bits per heavy atom. The van der Waals surface area contributed by atoms with Crippen LogP contribution in [-0.2, 0) is 77.7 Å². The van der Waals surface area contributed by atoms with Gasteiger partial charge in [-0.25, -0.2) is 9.59 Å². The fourth-order valence-electron chi connectivity index (χ4n) is 11.7. The van der Waals surface area contributed by atoms with Gasteiger partial charge in [-0.2, -0.15) is 0 Å². The number of nitrogens with zero attached hydrogens (tertiary/aromatic N) is 4. The van der Waals surface area contributed by atoms with E-state index in [-0.39, 0.29) is 36.2 Å². The number of carboxylic acid groups (broad SMARTS) is 1. The molecule has 18 nitrogen and oxygen atoms in total. The van der Waals surface area contributed by atoms with Gasteiger partial charge in [0.05, 0.1) is 45.4 Å². The number of nitrogens with one attached hydrogen (secondary N) is 2. The lowest BCUT2D eigenvalue weighted by atomic mass is 9.96. The summed E-state index contributed by atoms with van der Waals surface area (Å²) in [7, 11) is 7.60. The molecule has 0 saturated carbocycles. The second-order valence-electron chi connectivity index (χ2n) is 21.9. The van der Waals surface area contributed by atoms with Crippen LogP contribution >= 0.6 is 11.6 Å². The lowest BCUT2D eigenvalue weighted by molar-refractivity contribution is -0.149. The second-order valence-corrected chi connectivity index (χ2v) is 22.3. The number of imide groups is 2. The fraction of sp³-hybridized carbons (Fsp3) is 0.388. The molecule has 15 rings (SSSR count). The molecule has 4 aromatic heterocycles. The number of carbonyl (C=O) groups is 9. The van der Waals surface area contributed by atoms with Gasteiger partial charge in [0.2, 0.25) is 5.78 Å². The maximum atomic E-state index is 12.4. The number of aryl methyl sites for hydroxylation is 4. The Balaban J connectivity index is -0.000000146. The Morgan fingerprint density at radius 1 is 0.274 bits per heavy atom. The van der Waals surface area contributed by atoms with E-state index in [1.54, 1.807) is 41.1 Å². The molecule has 6 N–H and O–H groups in total. The van der Waals surface area contributed by atoms with E-state index in [0.29, 0.717) is 44.6 Å². The van der Waals surface area contributed by atoms with Crippen LogP contribution in [0.2, 0.25) is 0 Å². The summed E-state index contributed by atoms with van der Waals surface area (Å²) in [6.07, 6.45) is 7.40. The molecule has 0 spiro atoms. The summed E-state index contributed by atoms with van der Waals surface area (Å²) in [5, 5.41) is 15.9. The standard InChI is InChI=1S/2C19H14N2O2.C19H13NO3.C11H8ClNO2.C8H8O2.20C2H6.H3N/c2*1-21-11-14(13-9-5-6-10-15(13)21)17-16(18(22)20-19(17)23)12-7-3-2-4-8-12;1-20-11-14(13-9-5-6-10-15(13)20)17-16(18(21)23-19(17)22)12-7-3-2-4-8-12;1-13-6-8(10(14)11(12)15)7-4-2-3-5-9(7)13;9-8(10)6-7-4-2-1-3-5-7;20*1-2;/h2*2-11H,1H3,(H,20,22,23);2-11H,1H3;2-6H,1H3;1-5H,6H2,(H,9,10);20*1-2H3;1H3. The van der Waals surface area contributed by atoms with Crippen molar-refractivity contribution in [1.29, 1.82) is 0 Å². The van der Waals surface area contributed by atoms with Crippen molar-refractivity contribution in [2.45, 2.75) is 283 Å². The van der Waals surface area contributed by atoms with Gasteiger partial charge in [0.15, 0.2) is 0 Å². The van der Waals surface area contributed by atoms with Gasteiger partial charge in [-0.05, 0) is 58.1 Å². The zero-order chi connectivity index (χ0) is 106. The van der Waals surface area contributed by atoms with Crippen LogP contribution in [0.5, 0.6) is 0 Å². The number of fused-ring (bicyclic) bond motifs is 4. The van der Waals surface area contributed by atoms with Crippen LogP contribution in [0.4, 0.5) is 0 Å². The van der Waals surface area contributed by atoms with Crippen LogP contribution in [0.3, 0.4) is 0 Å². The van der Waals surface area contributed by atoms with E-state index in [2.05, 4.69) is 10.6 Å². The van der Waals surface area contributed by atoms with E-state index < -0.39 is 28.9 Å². The number of carboxylic acids is 1.